The first-order chi connectivity index (χ1) is 62.4. The Morgan fingerprint density at radius 1 is 0.227 bits per heavy atom. The second kappa shape index (κ2) is 27.9. The predicted molar refractivity (Wildman–Crippen MR) is 538 cm³/mol. The van der Waals surface area contributed by atoms with E-state index in [1.807, 2.05) is 0 Å². The molecule has 0 atom stereocenters. The van der Waals surface area contributed by atoms with Gasteiger partial charge in [0, 0.05) is 56.6 Å². The minimum absolute atomic E-state index is 0.200. The minimum atomic E-state index is -0.690. The number of benzene rings is 18. The van der Waals surface area contributed by atoms with Crippen LogP contribution in [-0.2, 0) is 27.1 Å². The Kier molecular flexibility index (Phi) is 16.5. The number of fused-ring (bicyclic) bond motifs is 21. The van der Waals surface area contributed by atoms with Gasteiger partial charge in [-0.15, -0.1) is 0 Å². The Labute approximate surface area is 752 Å². The van der Waals surface area contributed by atoms with Crippen molar-refractivity contribution in [3.8, 4) is 89.4 Å². The van der Waals surface area contributed by atoms with Gasteiger partial charge in [0.1, 0.15) is 11.5 Å². The molecule has 0 bridgehead atoms. The molecule has 4 nitrogen and oxygen atoms in total. The number of ether oxygens (including phenoxy) is 1. The van der Waals surface area contributed by atoms with Gasteiger partial charge in [-0.25, -0.2) is 0 Å². The van der Waals surface area contributed by atoms with Crippen LogP contribution in [0.4, 0.5) is 51.2 Å². The van der Waals surface area contributed by atoms with Gasteiger partial charge in [-0.2, -0.15) is 0 Å². The molecule has 0 saturated carbocycles. The zero-order valence-corrected chi connectivity index (χ0v) is 73.5. The molecule has 3 aliphatic carbocycles. The van der Waals surface area contributed by atoms with Crippen LogP contribution in [0.15, 0.2) is 400 Å². The summed E-state index contributed by atoms with van der Waals surface area (Å²) in [6.07, 6.45) is 0. The maximum absolute atomic E-state index is 7.73. The van der Waals surface area contributed by atoms with Crippen molar-refractivity contribution in [3.05, 3.63) is 462 Å². The Morgan fingerprint density at radius 2 is 0.602 bits per heavy atom. The molecule has 1 spiro atoms. The van der Waals surface area contributed by atoms with E-state index in [9.17, 15) is 0 Å². The minimum Gasteiger partial charge on any atom is -0.458 e. The predicted octanol–water partition coefficient (Wildman–Crippen LogP) is 27.4. The smallest absolute Gasteiger partial charge is 0.256 e. The second-order valence-electron chi connectivity index (χ2n) is 39.2. The van der Waals surface area contributed by atoms with Crippen molar-refractivity contribution >= 4 is 97.4 Å². The third kappa shape index (κ3) is 10.8. The zero-order chi connectivity index (χ0) is 86.0. The van der Waals surface area contributed by atoms with Gasteiger partial charge in [0.15, 0.2) is 0 Å². The van der Waals surface area contributed by atoms with E-state index in [-0.39, 0.29) is 29.7 Å². The van der Waals surface area contributed by atoms with E-state index in [1.165, 1.54) is 133 Å². The van der Waals surface area contributed by atoms with Gasteiger partial charge in [0.2, 0.25) is 0 Å². The summed E-state index contributed by atoms with van der Waals surface area (Å²) >= 11 is 0. The van der Waals surface area contributed by atoms with Gasteiger partial charge < -0.3 is 19.4 Å². The lowest BCUT2D eigenvalue weighted by molar-refractivity contribution is 0.487. The molecule has 0 aromatic heterocycles. The molecule has 18 aromatic carbocycles. The molecule has 0 fully saturated rings. The van der Waals surface area contributed by atoms with Gasteiger partial charge in [0.05, 0.1) is 16.5 Å². The average Bonchev–Trinajstić information content (AvgIpc) is 1.53. The zero-order valence-electron chi connectivity index (χ0n) is 73.5. The van der Waals surface area contributed by atoms with Crippen LogP contribution in [0.5, 0.6) is 11.5 Å². The summed E-state index contributed by atoms with van der Waals surface area (Å²) in [4.78, 5) is 8.10. The fraction of sp³-hybridized carbons (Fsp3) is 0.115. The van der Waals surface area contributed by atoms with Gasteiger partial charge >= 0.3 is 0 Å². The highest BCUT2D eigenvalue weighted by atomic mass is 16.5. The Morgan fingerprint density at radius 3 is 1.10 bits per heavy atom. The van der Waals surface area contributed by atoms with E-state index in [0.29, 0.717) is 0 Å². The molecule has 0 N–H and O–H groups in total. The van der Waals surface area contributed by atoms with Crippen LogP contribution >= 0.6 is 0 Å². The standard InChI is InChI=1S/C122H93B2N3O/c1-118(2,3)82-46-34-48-85(70-82)125-106-75-107-104(124-102-63-31-33-65-111(102)128-112-69-79(68-110(116(112)124)126(107)86-49-35-47-83(71-86)119(4,5)6)88-55-37-56-93-91-52-24-26-58-97(91)121(113(88)93,80-42-18-12-19-43-80)81-44-20-13-21-45-81)74-103(106)123-101-62-30-32-64-105(101)127(117-95(76-38-14-10-15-39-76)72-84(120(7,8)9)73-96(117)77-40-16-11-17-41-77)109-67-78(66-108(125)115(109)123)87-54-36-57-94-92-53-25-29-61-100(92)122(114(87)94)98-59-27-22-50-89(98)90-51-23-28-60-99(90)122/h10-75H,1-9H3. The monoisotopic (exact) mass is 1640 g/mol. The lowest BCUT2D eigenvalue weighted by Crippen LogP contribution is -2.64. The SMILES string of the molecule is CC(C)(C)c1cccc(N2c3cc4c(cc3B3c5ccccc5Oc5cc(-c6cccc7c6C(c6ccccc6)(c6ccccc6)c6ccccc6-7)cc2c53)B2c3ccccc3N(c3c(-c5ccccc5)cc(C(C)(C)C)cc3-c3ccccc3)c3cc(-c5cccc6c5C5(c7ccccc7-c7ccccc75)c5ccccc5-6)cc(c32)N4c2cccc(C(C)(C)C)c2)c1. The highest BCUT2D eigenvalue weighted by Gasteiger charge is 2.55. The summed E-state index contributed by atoms with van der Waals surface area (Å²) in [6, 6.07) is 154. The van der Waals surface area contributed by atoms with Gasteiger partial charge in [-0.1, -0.05) is 384 Å². The molecule has 18 aromatic rings. The molecule has 128 heavy (non-hydrogen) atoms. The second-order valence-corrected chi connectivity index (χ2v) is 39.2. The van der Waals surface area contributed by atoms with Crippen LogP contribution in [-0.4, -0.2) is 13.4 Å². The van der Waals surface area contributed by atoms with Crippen LogP contribution in [0.3, 0.4) is 0 Å². The first-order valence-corrected chi connectivity index (χ1v) is 45.5. The third-order valence-electron chi connectivity index (χ3n) is 29.2. The molecule has 6 heteroatoms. The summed E-state index contributed by atoms with van der Waals surface area (Å²) in [5.41, 5.74) is 45.9. The van der Waals surface area contributed by atoms with E-state index in [0.717, 1.165) is 101 Å². The summed E-state index contributed by atoms with van der Waals surface area (Å²) in [7, 11) is 0. The Bertz CT molecular complexity index is 7540. The first-order valence-electron chi connectivity index (χ1n) is 45.5. The van der Waals surface area contributed by atoms with Crippen molar-refractivity contribution in [2.45, 2.75) is 89.4 Å². The number of hydrogen-bond acceptors (Lipinski definition) is 4. The van der Waals surface area contributed by atoms with Crippen LogP contribution in [0, 0.1) is 0 Å². The fourth-order valence-electron chi connectivity index (χ4n) is 23.6. The summed E-state index contributed by atoms with van der Waals surface area (Å²) in [6.45, 7) is 20.7. The van der Waals surface area contributed by atoms with Crippen LogP contribution < -0.4 is 52.2 Å². The quantitative estimate of drug-likeness (QED) is 0.134. The normalized spacial score (nSPS) is 14.4. The molecular weight excluding hydrogens is 1540 g/mol. The van der Waals surface area contributed by atoms with Crippen LogP contribution in [0.2, 0.25) is 0 Å². The molecule has 0 unspecified atom stereocenters. The fourth-order valence-corrected chi connectivity index (χ4v) is 23.6. The molecule has 7 aliphatic rings. The number of hydrogen-bond donors (Lipinski definition) is 0. The Hall–Kier alpha value is -14.7. The lowest BCUT2D eigenvalue weighted by Gasteiger charge is -2.47. The highest BCUT2D eigenvalue weighted by molar-refractivity contribution is 7.02. The number of para-hydroxylation sites is 2. The molecule has 4 heterocycles. The Balaban J connectivity index is 0.820. The number of anilines is 9. The topological polar surface area (TPSA) is 19.0 Å². The third-order valence-corrected chi connectivity index (χ3v) is 29.2. The van der Waals surface area contributed by atoms with Crippen molar-refractivity contribution in [2.24, 2.45) is 0 Å². The number of rotatable bonds is 9. The molecule has 608 valence electrons. The molecule has 0 saturated heterocycles. The van der Waals surface area contributed by atoms with E-state index >= 15 is 0 Å². The van der Waals surface area contributed by atoms with Crippen molar-refractivity contribution < 1.29 is 4.74 Å². The van der Waals surface area contributed by atoms with Gasteiger partial charge in [-0.3, -0.25) is 0 Å². The van der Waals surface area contributed by atoms with E-state index in [2.05, 4.69) is 477 Å². The number of nitrogens with zero attached hydrogens (tertiary/aromatic N) is 3. The van der Waals surface area contributed by atoms with Crippen molar-refractivity contribution in [2.75, 3.05) is 14.7 Å². The largest absolute Gasteiger partial charge is 0.458 e. The maximum Gasteiger partial charge on any atom is 0.256 e. The van der Waals surface area contributed by atoms with E-state index in [1.54, 1.807) is 0 Å². The van der Waals surface area contributed by atoms with Crippen LogP contribution in [0.25, 0.3) is 77.9 Å². The average molecular weight is 1640 g/mol. The molecular formula is C122H93B2N3O. The molecule has 25 rings (SSSR count). The van der Waals surface area contributed by atoms with Gasteiger partial charge in [0.25, 0.3) is 13.4 Å². The molecule has 4 aliphatic heterocycles. The molecule has 0 amide bonds. The van der Waals surface area contributed by atoms with Gasteiger partial charge in [-0.05, 0) is 256 Å². The van der Waals surface area contributed by atoms with E-state index < -0.39 is 10.8 Å². The lowest BCUT2D eigenvalue weighted by atomic mass is 9.30. The first kappa shape index (κ1) is 75.8. The summed E-state index contributed by atoms with van der Waals surface area (Å²) in [5, 5.41) is 0. The summed E-state index contributed by atoms with van der Waals surface area (Å²) < 4.78 is 7.73. The molecule has 0 radical (unpaired) electrons. The van der Waals surface area contributed by atoms with E-state index in [4.69, 9.17) is 4.74 Å². The maximum atomic E-state index is 7.73. The highest BCUT2D eigenvalue weighted by Crippen LogP contribution is 2.66. The summed E-state index contributed by atoms with van der Waals surface area (Å²) in [5.74, 6) is 1.71. The van der Waals surface area contributed by atoms with Crippen molar-refractivity contribution in [3.63, 3.8) is 0 Å². The van der Waals surface area contributed by atoms with Crippen molar-refractivity contribution in [1.82, 2.24) is 0 Å². The van der Waals surface area contributed by atoms with Crippen LogP contribution in [0.1, 0.15) is 124 Å². The van der Waals surface area contributed by atoms with Crippen molar-refractivity contribution in [1.29, 1.82) is 0 Å².